The molecule has 6 heteroatoms. The molecule has 144 valence electrons. The molecule has 0 unspecified atom stereocenters. The molecule has 0 aliphatic carbocycles. The summed E-state index contributed by atoms with van der Waals surface area (Å²) in [5, 5.41) is 4.38. The minimum atomic E-state index is 0.142. The van der Waals surface area contributed by atoms with Gasteiger partial charge in [0, 0.05) is 25.2 Å². The zero-order valence-corrected chi connectivity index (χ0v) is 16.9. The number of nitrogens with one attached hydrogen (secondary N) is 1. The molecule has 1 N–H and O–H groups in total. The van der Waals surface area contributed by atoms with Crippen molar-refractivity contribution in [2.45, 2.75) is 33.1 Å². The molecule has 0 atom stereocenters. The largest absolute Gasteiger partial charge is 0.494 e. The number of rotatable bonds is 4. The summed E-state index contributed by atoms with van der Waals surface area (Å²) in [5.41, 5.74) is 2.28. The maximum atomic E-state index is 13.1. The standard InChI is InChI=1S/C21H27N3O2S/c1-3-26-17-6-4-16(5-7-17)19-23-15(2)18(27-19)20(25)24-12-9-21(10-13-24)8-11-22-14-21/h4-7,22H,3,8-14H2,1-2H3. The Hall–Kier alpha value is -1.92. The van der Waals surface area contributed by atoms with Crippen molar-refractivity contribution in [1.82, 2.24) is 15.2 Å². The molecule has 1 aromatic heterocycles. The van der Waals surface area contributed by atoms with Crippen LogP contribution in [0, 0.1) is 12.3 Å². The number of piperidine rings is 1. The SMILES string of the molecule is CCOc1ccc(-c2nc(C)c(C(=O)N3CCC4(CCNC4)CC3)s2)cc1. The van der Waals surface area contributed by atoms with Gasteiger partial charge < -0.3 is 15.0 Å². The Morgan fingerprint density at radius 3 is 2.63 bits per heavy atom. The second-order valence-electron chi connectivity index (χ2n) is 7.61. The van der Waals surface area contributed by atoms with Gasteiger partial charge in [0.15, 0.2) is 0 Å². The van der Waals surface area contributed by atoms with Gasteiger partial charge in [-0.1, -0.05) is 0 Å². The average Bonchev–Trinajstić information content (AvgIpc) is 3.30. The molecule has 2 fully saturated rings. The van der Waals surface area contributed by atoms with Crippen LogP contribution < -0.4 is 10.1 Å². The molecule has 2 aliphatic heterocycles. The lowest BCUT2D eigenvalue weighted by molar-refractivity contribution is 0.0611. The Morgan fingerprint density at radius 2 is 2.00 bits per heavy atom. The van der Waals surface area contributed by atoms with E-state index in [0.29, 0.717) is 12.0 Å². The summed E-state index contributed by atoms with van der Waals surface area (Å²) in [6.45, 7) is 8.51. The summed E-state index contributed by atoms with van der Waals surface area (Å²) in [4.78, 5) is 20.5. The van der Waals surface area contributed by atoms with E-state index in [1.165, 1.54) is 17.8 Å². The number of thiazole rings is 1. The summed E-state index contributed by atoms with van der Waals surface area (Å²) in [6.07, 6.45) is 3.46. The second kappa shape index (κ2) is 7.60. The summed E-state index contributed by atoms with van der Waals surface area (Å²) in [7, 11) is 0. The monoisotopic (exact) mass is 385 g/mol. The Balaban J connectivity index is 1.47. The van der Waals surface area contributed by atoms with Crippen LogP contribution in [0.25, 0.3) is 10.6 Å². The van der Waals surface area contributed by atoms with Crippen LogP contribution in [-0.2, 0) is 0 Å². The van der Waals surface area contributed by atoms with E-state index in [1.54, 1.807) is 0 Å². The fourth-order valence-corrected chi connectivity index (χ4v) is 5.17. The third-order valence-corrected chi connectivity index (χ3v) is 7.04. The first-order valence-electron chi connectivity index (χ1n) is 9.81. The Labute approximate surface area is 164 Å². The smallest absolute Gasteiger partial charge is 0.265 e. The molecule has 0 saturated carbocycles. The predicted molar refractivity (Wildman–Crippen MR) is 109 cm³/mol. The highest BCUT2D eigenvalue weighted by molar-refractivity contribution is 7.17. The number of likely N-dealkylation sites (tertiary alicyclic amines) is 1. The van der Waals surface area contributed by atoms with Crippen molar-refractivity contribution < 1.29 is 9.53 Å². The lowest BCUT2D eigenvalue weighted by Crippen LogP contribution is -2.44. The first-order valence-corrected chi connectivity index (χ1v) is 10.6. The number of carbonyl (C=O) groups excluding carboxylic acids is 1. The quantitative estimate of drug-likeness (QED) is 0.871. The fraction of sp³-hybridized carbons (Fsp3) is 0.524. The maximum Gasteiger partial charge on any atom is 0.265 e. The number of ether oxygens (including phenoxy) is 1. The lowest BCUT2D eigenvalue weighted by Gasteiger charge is -2.38. The maximum absolute atomic E-state index is 13.1. The van der Waals surface area contributed by atoms with Crippen molar-refractivity contribution in [3.05, 3.63) is 34.8 Å². The fourth-order valence-electron chi connectivity index (χ4n) is 4.13. The third-order valence-electron chi connectivity index (χ3n) is 5.85. The zero-order chi connectivity index (χ0) is 18.9. The van der Waals surface area contributed by atoms with Gasteiger partial charge >= 0.3 is 0 Å². The van der Waals surface area contributed by atoms with Crippen LogP contribution in [0.2, 0.25) is 0 Å². The summed E-state index contributed by atoms with van der Waals surface area (Å²) in [6, 6.07) is 7.93. The number of hydrogen-bond donors (Lipinski definition) is 1. The highest BCUT2D eigenvalue weighted by atomic mass is 32.1. The summed E-state index contributed by atoms with van der Waals surface area (Å²) >= 11 is 1.50. The van der Waals surface area contributed by atoms with E-state index in [0.717, 1.165) is 65.9 Å². The molecule has 0 bridgehead atoms. The van der Waals surface area contributed by atoms with Crippen LogP contribution in [0.1, 0.15) is 41.6 Å². The minimum Gasteiger partial charge on any atom is -0.494 e. The molecular formula is C21H27N3O2S. The predicted octanol–water partition coefficient (Wildman–Crippen LogP) is 3.73. The van der Waals surface area contributed by atoms with Crippen molar-refractivity contribution in [3.8, 4) is 16.3 Å². The van der Waals surface area contributed by atoms with Crippen LogP contribution in [0.4, 0.5) is 0 Å². The van der Waals surface area contributed by atoms with Gasteiger partial charge in [0.1, 0.15) is 15.6 Å². The zero-order valence-electron chi connectivity index (χ0n) is 16.1. The number of hydrogen-bond acceptors (Lipinski definition) is 5. The van der Waals surface area contributed by atoms with Crippen molar-refractivity contribution in [2.75, 3.05) is 32.8 Å². The molecule has 1 aromatic carbocycles. The molecule has 4 rings (SSSR count). The second-order valence-corrected chi connectivity index (χ2v) is 8.61. The number of carbonyl (C=O) groups is 1. The average molecular weight is 386 g/mol. The minimum absolute atomic E-state index is 0.142. The first-order chi connectivity index (χ1) is 13.1. The van der Waals surface area contributed by atoms with Crippen molar-refractivity contribution >= 4 is 17.2 Å². The third kappa shape index (κ3) is 3.73. The molecule has 2 aromatic rings. The van der Waals surface area contributed by atoms with Gasteiger partial charge in [-0.15, -0.1) is 11.3 Å². The Morgan fingerprint density at radius 1 is 1.26 bits per heavy atom. The first kappa shape index (κ1) is 18.4. The highest BCUT2D eigenvalue weighted by Crippen LogP contribution is 2.38. The van der Waals surface area contributed by atoms with E-state index in [-0.39, 0.29) is 5.91 Å². The molecule has 27 heavy (non-hydrogen) atoms. The van der Waals surface area contributed by atoms with E-state index in [4.69, 9.17) is 4.74 Å². The normalized spacial score (nSPS) is 18.8. The van der Waals surface area contributed by atoms with E-state index < -0.39 is 0 Å². The van der Waals surface area contributed by atoms with Gasteiger partial charge in [0.25, 0.3) is 5.91 Å². The summed E-state index contributed by atoms with van der Waals surface area (Å²) in [5.74, 6) is 0.998. The van der Waals surface area contributed by atoms with Crippen LogP contribution in [0.5, 0.6) is 5.75 Å². The van der Waals surface area contributed by atoms with Crippen molar-refractivity contribution in [1.29, 1.82) is 0 Å². The number of aryl methyl sites for hydroxylation is 1. The van der Waals surface area contributed by atoms with Crippen molar-refractivity contribution in [3.63, 3.8) is 0 Å². The molecule has 1 spiro atoms. The Bertz CT molecular complexity index is 799. The Kier molecular flexibility index (Phi) is 5.19. The van der Waals surface area contributed by atoms with Crippen LogP contribution in [-0.4, -0.2) is 48.6 Å². The summed E-state index contributed by atoms with van der Waals surface area (Å²) < 4.78 is 5.50. The molecular weight excluding hydrogens is 358 g/mol. The molecule has 3 heterocycles. The lowest BCUT2D eigenvalue weighted by atomic mass is 9.78. The molecule has 5 nitrogen and oxygen atoms in total. The highest BCUT2D eigenvalue weighted by Gasteiger charge is 2.38. The van der Waals surface area contributed by atoms with Crippen LogP contribution in [0.3, 0.4) is 0 Å². The van der Waals surface area contributed by atoms with Gasteiger partial charge in [-0.05, 0) is 69.3 Å². The molecule has 0 radical (unpaired) electrons. The molecule has 2 aliphatic rings. The number of aromatic nitrogens is 1. The van der Waals surface area contributed by atoms with Gasteiger partial charge in [0.2, 0.25) is 0 Å². The topological polar surface area (TPSA) is 54.5 Å². The van der Waals surface area contributed by atoms with Crippen LogP contribution >= 0.6 is 11.3 Å². The molecule has 2 saturated heterocycles. The van der Waals surface area contributed by atoms with Gasteiger partial charge in [0.05, 0.1) is 12.3 Å². The van der Waals surface area contributed by atoms with Crippen molar-refractivity contribution in [2.24, 2.45) is 5.41 Å². The van der Waals surface area contributed by atoms with Gasteiger partial charge in [-0.2, -0.15) is 0 Å². The van der Waals surface area contributed by atoms with Crippen LogP contribution in [0.15, 0.2) is 24.3 Å². The van der Waals surface area contributed by atoms with E-state index in [1.807, 2.05) is 43.0 Å². The number of amides is 1. The number of nitrogens with zero attached hydrogens (tertiary/aromatic N) is 2. The van der Waals surface area contributed by atoms with E-state index in [2.05, 4.69) is 10.3 Å². The van der Waals surface area contributed by atoms with Gasteiger partial charge in [-0.3, -0.25) is 4.79 Å². The van der Waals surface area contributed by atoms with Gasteiger partial charge in [-0.25, -0.2) is 4.98 Å². The van der Waals surface area contributed by atoms with E-state index in [9.17, 15) is 4.79 Å². The van der Waals surface area contributed by atoms with E-state index >= 15 is 0 Å². The number of benzene rings is 1. The molecule has 1 amide bonds.